The zero-order valence-electron chi connectivity index (χ0n) is 10.8. The van der Waals surface area contributed by atoms with Gasteiger partial charge in [-0.1, -0.05) is 0 Å². The van der Waals surface area contributed by atoms with Crippen LogP contribution in [0.5, 0.6) is 0 Å². The van der Waals surface area contributed by atoms with E-state index in [1.165, 1.54) is 12.1 Å². The molecule has 0 spiro atoms. The third-order valence-electron chi connectivity index (χ3n) is 3.29. The quantitative estimate of drug-likeness (QED) is 0.925. The SMILES string of the molecule is N#Cc1cc(NCC2CCCOC2)ccc1C(F)(F)F. The Morgan fingerprint density at radius 2 is 2.20 bits per heavy atom. The van der Waals surface area contributed by atoms with Crippen molar-refractivity contribution in [3.63, 3.8) is 0 Å². The highest BCUT2D eigenvalue weighted by molar-refractivity contribution is 5.53. The minimum absolute atomic E-state index is 0.358. The van der Waals surface area contributed by atoms with Crippen molar-refractivity contribution < 1.29 is 17.9 Å². The van der Waals surface area contributed by atoms with Gasteiger partial charge >= 0.3 is 6.18 Å². The molecule has 1 aliphatic heterocycles. The van der Waals surface area contributed by atoms with Crippen LogP contribution in [0, 0.1) is 17.2 Å². The normalized spacial score (nSPS) is 19.4. The van der Waals surface area contributed by atoms with E-state index in [0.717, 1.165) is 25.5 Å². The average molecular weight is 284 g/mol. The number of hydrogen-bond acceptors (Lipinski definition) is 3. The number of alkyl halides is 3. The Morgan fingerprint density at radius 3 is 2.80 bits per heavy atom. The summed E-state index contributed by atoms with van der Waals surface area (Å²) in [5, 5.41) is 11.9. The van der Waals surface area contributed by atoms with Gasteiger partial charge in [0.15, 0.2) is 0 Å². The highest BCUT2D eigenvalue weighted by Gasteiger charge is 2.33. The summed E-state index contributed by atoms with van der Waals surface area (Å²) in [6.45, 7) is 2.07. The third-order valence-corrected chi connectivity index (χ3v) is 3.29. The van der Waals surface area contributed by atoms with Crippen LogP contribution in [0.15, 0.2) is 18.2 Å². The molecule has 0 amide bonds. The smallest absolute Gasteiger partial charge is 0.385 e. The number of nitriles is 1. The average Bonchev–Trinajstić information content (AvgIpc) is 2.45. The number of anilines is 1. The summed E-state index contributed by atoms with van der Waals surface area (Å²) in [6.07, 6.45) is -2.46. The van der Waals surface area contributed by atoms with Gasteiger partial charge in [-0.2, -0.15) is 18.4 Å². The fourth-order valence-corrected chi connectivity index (χ4v) is 2.22. The molecular weight excluding hydrogens is 269 g/mol. The molecule has 3 nitrogen and oxygen atoms in total. The number of nitrogens with one attached hydrogen (secondary N) is 1. The van der Waals surface area contributed by atoms with E-state index in [1.54, 1.807) is 6.07 Å². The van der Waals surface area contributed by atoms with Crippen LogP contribution in [0.1, 0.15) is 24.0 Å². The van der Waals surface area contributed by atoms with Crippen LogP contribution < -0.4 is 5.32 Å². The number of nitrogens with zero attached hydrogens (tertiary/aromatic N) is 1. The second-order valence-corrected chi connectivity index (χ2v) is 4.83. The fraction of sp³-hybridized carbons (Fsp3) is 0.500. The van der Waals surface area contributed by atoms with Crippen LogP contribution in [0.2, 0.25) is 0 Å². The molecule has 1 saturated heterocycles. The van der Waals surface area contributed by atoms with Gasteiger partial charge in [0.05, 0.1) is 23.8 Å². The van der Waals surface area contributed by atoms with Gasteiger partial charge in [0, 0.05) is 18.8 Å². The number of halogens is 3. The molecule has 1 aromatic rings. The Labute approximate surface area is 115 Å². The highest BCUT2D eigenvalue weighted by atomic mass is 19.4. The van der Waals surface area contributed by atoms with Crippen LogP contribution >= 0.6 is 0 Å². The van der Waals surface area contributed by atoms with Crippen LogP contribution in [-0.4, -0.2) is 19.8 Å². The molecule has 1 atom stereocenters. The fourth-order valence-electron chi connectivity index (χ4n) is 2.22. The Bertz CT molecular complexity index is 502. The number of benzene rings is 1. The van der Waals surface area contributed by atoms with E-state index < -0.39 is 11.7 Å². The summed E-state index contributed by atoms with van der Waals surface area (Å²) in [6, 6.07) is 5.14. The van der Waals surface area contributed by atoms with Crippen molar-refractivity contribution >= 4 is 5.69 Å². The molecule has 1 fully saturated rings. The predicted octanol–water partition coefficient (Wildman–Crippen LogP) is 3.42. The minimum atomic E-state index is -4.50. The summed E-state index contributed by atoms with van der Waals surface area (Å²) in [7, 11) is 0. The summed E-state index contributed by atoms with van der Waals surface area (Å²) in [5.74, 6) is 0.358. The predicted molar refractivity (Wildman–Crippen MR) is 68.2 cm³/mol. The maximum absolute atomic E-state index is 12.7. The standard InChI is InChI=1S/C14H15F3N2O/c15-14(16,17)13-4-3-12(6-11(13)7-18)19-8-10-2-1-5-20-9-10/h3-4,6,10,19H,1-2,5,8-9H2. The molecule has 0 radical (unpaired) electrons. The number of hydrogen-bond donors (Lipinski definition) is 1. The second kappa shape index (κ2) is 6.14. The van der Waals surface area contributed by atoms with E-state index in [1.807, 2.05) is 0 Å². The van der Waals surface area contributed by atoms with Crippen LogP contribution in [0.25, 0.3) is 0 Å². The van der Waals surface area contributed by atoms with E-state index >= 15 is 0 Å². The van der Waals surface area contributed by atoms with E-state index in [4.69, 9.17) is 10.00 Å². The van der Waals surface area contributed by atoms with E-state index in [2.05, 4.69) is 5.32 Å². The van der Waals surface area contributed by atoms with Crippen molar-refractivity contribution in [2.45, 2.75) is 19.0 Å². The van der Waals surface area contributed by atoms with Gasteiger partial charge in [0.1, 0.15) is 0 Å². The molecule has 2 rings (SSSR count). The molecule has 1 aliphatic rings. The summed E-state index contributed by atoms with van der Waals surface area (Å²) >= 11 is 0. The first kappa shape index (κ1) is 14.7. The van der Waals surface area contributed by atoms with Gasteiger partial charge in [-0.05, 0) is 37.0 Å². The van der Waals surface area contributed by atoms with E-state index in [-0.39, 0.29) is 5.56 Å². The van der Waals surface area contributed by atoms with Gasteiger partial charge in [0.2, 0.25) is 0 Å². The van der Waals surface area contributed by atoms with Crippen molar-refractivity contribution in [1.29, 1.82) is 5.26 Å². The lowest BCUT2D eigenvalue weighted by molar-refractivity contribution is -0.137. The van der Waals surface area contributed by atoms with Crippen LogP contribution in [0.4, 0.5) is 18.9 Å². The summed E-state index contributed by atoms with van der Waals surface area (Å²) in [5.41, 5.74) is -0.728. The zero-order valence-corrected chi connectivity index (χ0v) is 10.8. The molecule has 20 heavy (non-hydrogen) atoms. The first-order valence-electron chi connectivity index (χ1n) is 6.43. The van der Waals surface area contributed by atoms with Crippen molar-refractivity contribution in [1.82, 2.24) is 0 Å². The molecule has 0 bridgehead atoms. The maximum Gasteiger partial charge on any atom is 0.417 e. The lowest BCUT2D eigenvalue weighted by Gasteiger charge is -2.22. The largest absolute Gasteiger partial charge is 0.417 e. The molecule has 0 aliphatic carbocycles. The molecule has 1 unspecified atom stereocenters. The van der Waals surface area contributed by atoms with Gasteiger partial charge in [-0.25, -0.2) is 0 Å². The van der Waals surface area contributed by atoms with Crippen molar-refractivity contribution in [3.8, 4) is 6.07 Å². The molecule has 6 heteroatoms. The maximum atomic E-state index is 12.7. The first-order valence-corrected chi connectivity index (χ1v) is 6.43. The zero-order chi connectivity index (χ0) is 14.6. The summed E-state index contributed by atoms with van der Waals surface area (Å²) in [4.78, 5) is 0. The Morgan fingerprint density at radius 1 is 1.40 bits per heavy atom. The topological polar surface area (TPSA) is 45.0 Å². The lowest BCUT2D eigenvalue weighted by Crippen LogP contribution is -2.24. The molecule has 1 N–H and O–H groups in total. The van der Waals surface area contributed by atoms with Crippen LogP contribution in [-0.2, 0) is 10.9 Å². The second-order valence-electron chi connectivity index (χ2n) is 4.83. The molecular formula is C14H15F3N2O. The molecule has 0 saturated carbocycles. The number of rotatable bonds is 3. The van der Waals surface area contributed by atoms with Crippen LogP contribution in [0.3, 0.4) is 0 Å². The Hall–Kier alpha value is -1.74. The molecule has 0 aromatic heterocycles. The molecule has 1 aromatic carbocycles. The third kappa shape index (κ3) is 3.64. The van der Waals surface area contributed by atoms with E-state index in [0.29, 0.717) is 24.8 Å². The Balaban J connectivity index is 2.04. The van der Waals surface area contributed by atoms with Crippen molar-refractivity contribution in [2.24, 2.45) is 5.92 Å². The van der Waals surface area contributed by atoms with E-state index in [9.17, 15) is 13.2 Å². The van der Waals surface area contributed by atoms with Gasteiger partial charge < -0.3 is 10.1 Å². The van der Waals surface area contributed by atoms with Crippen molar-refractivity contribution in [3.05, 3.63) is 29.3 Å². The molecule has 108 valence electrons. The van der Waals surface area contributed by atoms with Gasteiger partial charge in [0.25, 0.3) is 0 Å². The monoisotopic (exact) mass is 284 g/mol. The van der Waals surface area contributed by atoms with Gasteiger partial charge in [-0.15, -0.1) is 0 Å². The van der Waals surface area contributed by atoms with Crippen molar-refractivity contribution in [2.75, 3.05) is 25.1 Å². The number of ether oxygens (including phenoxy) is 1. The Kier molecular flexibility index (Phi) is 4.50. The summed E-state index contributed by atoms with van der Waals surface area (Å²) < 4.78 is 43.3. The van der Waals surface area contributed by atoms with Gasteiger partial charge in [-0.3, -0.25) is 0 Å². The lowest BCUT2D eigenvalue weighted by atomic mass is 10.0. The minimum Gasteiger partial charge on any atom is -0.385 e. The molecule has 1 heterocycles. The highest BCUT2D eigenvalue weighted by Crippen LogP contribution is 2.33. The first-order chi connectivity index (χ1) is 9.50.